The predicted octanol–water partition coefficient (Wildman–Crippen LogP) is 1.09. The van der Waals surface area contributed by atoms with Crippen molar-refractivity contribution in [3.8, 4) is 0 Å². The Kier molecular flexibility index (Phi) is 4.11. The van der Waals surface area contributed by atoms with Crippen molar-refractivity contribution in [2.45, 2.75) is 25.3 Å². The van der Waals surface area contributed by atoms with Crippen LogP contribution in [0.3, 0.4) is 0 Å². The molecule has 0 aromatic heterocycles. The number of piperidine rings is 1. The molecule has 0 bridgehead atoms. The maximum Gasteiger partial charge on any atom is 0.273 e. The number of carbonyl (C=O) groups excluding carboxylic acids is 1. The first-order chi connectivity index (χ1) is 9.08. The van der Waals surface area contributed by atoms with Crippen molar-refractivity contribution in [2.24, 2.45) is 5.73 Å². The maximum atomic E-state index is 12.1. The van der Waals surface area contributed by atoms with E-state index in [1.165, 1.54) is 6.07 Å². The zero-order chi connectivity index (χ0) is 13.8. The zero-order valence-corrected chi connectivity index (χ0v) is 10.6. The van der Waals surface area contributed by atoms with Gasteiger partial charge in [0.15, 0.2) is 0 Å². The van der Waals surface area contributed by atoms with Crippen molar-refractivity contribution < 1.29 is 9.72 Å². The number of hydrogen-bond acceptors (Lipinski definition) is 4. The van der Waals surface area contributed by atoms with Crippen molar-refractivity contribution >= 4 is 11.6 Å². The van der Waals surface area contributed by atoms with Crippen LogP contribution in [0.25, 0.3) is 0 Å². The topological polar surface area (TPSA) is 89.5 Å². The van der Waals surface area contributed by atoms with Crippen LogP contribution in [0.2, 0.25) is 0 Å². The van der Waals surface area contributed by atoms with Crippen LogP contribution in [0.15, 0.2) is 24.3 Å². The summed E-state index contributed by atoms with van der Waals surface area (Å²) < 4.78 is 0. The third-order valence-corrected chi connectivity index (χ3v) is 3.34. The van der Waals surface area contributed by atoms with E-state index in [0.29, 0.717) is 18.7 Å². The van der Waals surface area contributed by atoms with Gasteiger partial charge < -0.3 is 10.6 Å². The van der Waals surface area contributed by atoms with Crippen molar-refractivity contribution in [3.05, 3.63) is 39.9 Å². The molecule has 1 unspecified atom stereocenters. The lowest BCUT2D eigenvalue weighted by molar-refractivity contribution is -0.385. The van der Waals surface area contributed by atoms with Gasteiger partial charge in [-0.25, -0.2) is 0 Å². The molecule has 19 heavy (non-hydrogen) atoms. The van der Waals surface area contributed by atoms with Crippen LogP contribution in [0.1, 0.15) is 18.4 Å². The summed E-state index contributed by atoms with van der Waals surface area (Å²) in [6.45, 7) is 1.23. The number of hydrogen-bond donors (Lipinski definition) is 1. The third kappa shape index (κ3) is 3.29. The molecular formula is C13H17N3O3. The molecule has 1 aromatic carbocycles. The number of amides is 1. The summed E-state index contributed by atoms with van der Waals surface area (Å²) in [6.07, 6.45) is 1.88. The number of likely N-dealkylation sites (tertiary alicyclic amines) is 1. The molecule has 102 valence electrons. The standard InChI is InChI=1S/C13H17N3O3/c14-11-5-3-7-15(9-11)13(17)8-10-4-1-2-6-12(10)16(18)19/h1-2,4,6,11H,3,5,7-9,14H2. The van der Waals surface area contributed by atoms with Gasteiger partial charge in [0.05, 0.1) is 11.3 Å². The van der Waals surface area contributed by atoms with Crippen LogP contribution in [0.5, 0.6) is 0 Å². The normalized spacial score (nSPS) is 19.2. The first-order valence-electron chi connectivity index (χ1n) is 6.33. The first-order valence-corrected chi connectivity index (χ1v) is 6.33. The molecule has 1 atom stereocenters. The fourth-order valence-electron chi connectivity index (χ4n) is 2.35. The molecule has 0 radical (unpaired) electrons. The highest BCUT2D eigenvalue weighted by atomic mass is 16.6. The number of nitrogens with zero attached hydrogens (tertiary/aromatic N) is 2. The summed E-state index contributed by atoms with van der Waals surface area (Å²) in [4.78, 5) is 24.3. The number of rotatable bonds is 3. The van der Waals surface area contributed by atoms with Gasteiger partial charge in [0.2, 0.25) is 5.91 Å². The smallest absolute Gasteiger partial charge is 0.273 e. The van der Waals surface area contributed by atoms with E-state index in [-0.39, 0.29) is 24.1 Å². The van der Waals surface area contributed by atoms with Crippen LogP contribution < -0.4 is 5.73 Å². The van der Waals surface area contributed by atoms with E-state index in [1.807, 2.05) is 0 Å². The minimum absolute atomic E-state index is 0.00263. The largest absolute Gasteiger partial charge is 0.341 e. The average molecular weight is 263 g/mol. The zero-order valence-electron chi connectivity index (χ0n) is 10.6. The van der Waals surface area contributed by atoms with Gasteiger partial charge in [-0.3, -0.25) is 14.9 Å². The molecule has 1 amide bonds. The lowest BCUT2D eigenvalue weighted by Gasteiger charge is -2.30. The molecule has 0 saturated carbocycles. The molecule has 1 saturated heterocycles. The Bertz CT molecular complexity index is 490. The third-order valence-electron chi connectivity index (χ3n) is 3.34. The van der Waals surface area contributed by atoms with E-state index in [2.05, 4.69) is 0 Å². The molecule has 0 aliphatic carbocycles. The minimum Gasteiger partial charge on any atom is -0.341 e. The fraction of sp³-hybridized carbons (Fsp3) is 0.462. The maximum absolute atomic E-state index is 12.1. The average Bonchev–Trinajstić information content (AvgIpc) is 2.39. The van der Waals surface area contributed by atoms with E-state index in [4.69, 9.17) is 5.73 Å². The van der Waals surface area contributed by atoms with Crippen LogP contribution in [-0.2, 0) is 11.2 Å². The predicted molar refractivity (Wildman–Crippen MR) is 70.6 cm³/mol. The van der Waals surface area contributed by atoms with Crippen molar-refractivity contribution in [1.29, 1.82) is 0 Å². The SMILES string of the molecule is NC1CCCN(C(=O)Cc2ccccc2[N+](=O)[O-])C1. The Labute approximate surface area is 111 Å². The number of benzene rings is 1. The second kappa shape index (κ2) is 5.79. The van der Waals surface area contributed by atoms with Gasteiger partial charge >= 0.3 is 0 Å². The van der Waals surface area contributed by atoms with E-state index in [0.717, 1.165) is 12.8 Å². The molecule has 1 aliphatic heterocycles. The summed E-state index contributed by atoms with van der Waals surface area (Å²) in [7, 11) is 0. The number of para-hydroxylation sites is 1. The Morgan fingerprint density at radius 2 is 2.21 bits per heavy atom. The number of nitro groups is 1. The molecular weight excluding hydrogens is 246 g/mol. The molecule has 1 aliphatic rings. The molecule has 6 heteroatoms. The Morgan fingerprint density at radius 1 is 1.47 bits per heavy atom. The van der Waals surface area contributed by atoms with Gasteiger partial charge in [-0.1, -0.05) is 18.2 Å². The lowest BCUT2D eigenvalue weighted by Crippen LogP contribution is -2.46. The molecule has 2 N–H and O–H groups in total. The van der Waals surface area contributed by atoms with Crippen molar-refractivity contribution in [1.82, 2.24) is 4.90 Å². The second-order valence-electron chi connectivity index (χ2n) is 4.80. The van der Waals surface area contributed by atoms with Crippen molar-refractivity contribution in [3.63, 3.8) is 0 Å². The van der Waals surface area contributed by atoms with Gasteiger partial charge in [-0.15, -0.1) is 0 Å². The van der Waals surface area contributed by atoms with Crippen LogP contribution in [0.4, 0.5) is 5.69 Å². The quantitative estimate of drug-likeness (QED) is 0.653. The van der Waals surface area contributed by atoms with Gasteiger partial charge in [-0.2, -0.15) is 0 Å². The van der Waals surface area contributed by atoms with E-state index < -0.39 is 4.92 Å². The van der Waals surface area contributed by atoms with Gasteiger partial charge in [0, 0.05) is 30.8 Å². The number of nitrogens with two attached hydrogens (primary N) is 1. The monoisotopic (exact) mass is 263 g/mol. The Morgan fingerprint density at radius 3 is 2.89 bits per heavy atom. The second-order valence-corrected chi connectivity index (χ2v) is 4.80. The van der Waals surface area contributed by atoms with Crippen LogP contribution in [-0.4, -0.2) is 34.9 Å². The van der Waals surface area contributed by atoms with E-state index in [9.17, 15) is 14.9 Å². The van der Waals surface area contributed by atoms with Gasteiger partial charge in [-0.05, 0) is 12.8 Å². The fourth-order valence-corrected chi connectivity index (χ4v) is 2.35. The van der Waals surface area contributed by atoms with Gasteiger partial charge in [0.25, 0.3) is 5.69 Å². The first kappa shape index (κ1) is 13.5. The summed E-state index contributed by atoms with van der Waals surface area (Å²) in [5.74, 6) is -0.0931. The molecule has 1 aromatic rings. The summed E-state index contributed by atoms with van der Waals surface area (Å²) in [6, 6.07) is 6.37. The van der Waals surface area contributed by atoms with E-state index >= 15 is 0 Å². The number of nitro benzene ring substituents is 1. The van der Waals surface area contributed by atoms with E-state index in [1.54, 1.807) is 23.1 Å². The number of carbonyl (C=O) groups is 1. The highest BCUT2D eigenvalue weighted by Crippen LogP contribution is 2.19. The Hall–Kier alpha value is -1.95. The van der Waals surface area contributed by atoms with Crippen LogP contribution >= 0.6 is 0 Å². The molecule has 2 rings (SSSR count). The summed E-state index contributed by atoms with van der Waals surface area (Å²) in [5, 5.41) is 10.9. The Balaban J connectivity index is 2.08. The molecule has 1 fully saturated rings. The van der Waals surface area contributed by atoms with Gasteiger partial charge in [0.1, 0.15) is 0 Å². The highest BCUT2D eigenvalue weighted by molar-refractivity contribution is 5.80. The molecule has 1 heterocycles. The summed E-state index contributed by atoms with van der Waals surface area (Å²) in [5.41, 5.74) is 6.28. The minimum atomic E-state index is -0.454. The summed E-state index contributed by atoms with van der Waals surface area (Å²) >= 11 is 0. The van der Waals surface area contributed by atoms with Crippen LogP contribution in [0, 0.1) is 10.1 Å². The lowest BCUT2D eigenvalue weighted by atomic mass is 10.0. The highest BCUT2D eigenvalue weighted by Gasteiger charge is 2.23. The molecule has 6 nitrogen and oxygen atoms in total. The van der Waals surface area contributed by atoms with Crippen molar-refractivity contribution in [2.75, 3.05) is 13.1 Å². The molecule has 0 spiro atoms.